The molecule has 1 saturated heterocycles. The van der Waals surface area contributed by atoms with Crippen LogP contribution in [0.1, 0.15) is 12.8 Å². The first kappa shape index (κ1) is 11.5. The van der Waals surface area contributed by atoms with E-state index in [9.17, 15) is 13.2 Å². The van der Waals surface area contributed by atoms with Crippen molar-refractivity contribution in [2.75, 3.05) is 26.4 Å². The van der Waals surface area contributed by atoms with Crippen LogP contribution in [0.25, 0.3) is 0 Å². The number of amides is 1. The Morgan fingerprint density at radius 1 is 1.57 bits per heavy atom. The van der Waals surface area contributed by atoms with E-state index in [1.165, 1.54) is 17.6 Å². The van der Waals surface area contributed by atoms with Crippen molar-refractivity contribution in [2.45, 2.75) is 12.8 Å². The molecule has 14 heavy (non-hydrogen) atoms. The van der Waals surface area contributed by atoms with E-state index in [1.807, 2.05) is 0 Å². The molecule has 1 unspecified atom stereocenters. The zero-order valence-electron chi connectivity index (χ0n) is 8.49. The molecule has 6 heteroatoms. The first-order valence-electron chi connectivity index (χ1n) is 4.60. The third-order valence-electron chi connectivity index (χ3n) is 2.52. The molecule has 82 valence electrons. The number of hydrogen-bond acceptors (Lipinski definition) is 3. The lowest BCUT2D eigenvalue weighted by Crippen LogP contribution is -2.29. The molecule has 1 N–H and O–H groups in total. The molecule has 0 aromatic rings. The van der Waals surface area contributed by atoms with Gasteiger partial charge in [-0.1, -0.05) is 0 Å². The van der Waals surface area contributed by atoms with Crippen LogP contribution in [-0.4, -0.2) is 45.0 Å². The predicted octanol–water partition coefficient (Wildman–Crippen LogP) is -0.596. The molecule has 1 atom stereocenters. The molecule has 0 radical (unpaired) electrons. The third-order valence-corrected chi connectivity index (χ3v) is 3.84. The molecule has 1 fully saturated rings. The van der Waals surface area contributed by atoms with Crippen molar-refractivity contribution in [1.29, 1.82) is 0 Å². The zero-order valence-corrected chi connectivity index (χ0v) is 9.30. The van der Waals surface area contributed by atoms with Crippen molar-refractivity contribution in [3.63, 3.8) is 0 Å². The fraction of sp³-hybridized carbons (Fsp3) is 0.875. The maximum absolute atomic E-state index is 11.2. The van der Waals surface area contributed by atoms with E-state index in [0.717, 1.165) is 6.42 Å². The molecule has 1 aliphatic heterocycles. The Bertz CT molecular complexity index is 313. The van der Waals surface area contributed by atoms with Crippen LogP contribution in [-0.2, 0) is 14.8 Å². The molecule has 0 bridgehead atoms. The number of carbonyl (C=O) groups is 1. The Hall–Kier alpha value is -0.620. The fourth-order valence-electron chi connectivity index (χ4n) is 1.42. The summed E-state index contributed by atoms with van der Waals surface area (Å²) < 4.78 is 23.4. The fourth-order valence-corrected chi connectivity index (χ4v) is 1.86. The molecule has 0 spiro atoms. The van der Waals surface area contributed by atoms with Gasteiger partial charge >= 0.3 is 0 Å². The van der Waals surface area contributed by atoms with Crippen molar-refractivity contribution in [2.24, 2.45) is 5.92 Å². The smallest absolute Gasteiger partial charge is 0.223 e. The minimum atomic E-state index is -3.11. The maximum Gasteiger partial charge on any atom is 0.223 e. The molecule has 0 aromatic carbocycles. The van der Waals surface area contributed by atoms with Gasteiger partial charge in [0.2, 0.25) is 15.9 Å². The summed E-state index contributed by atoms with van der Waals surface area (Å²) in [7, 11) is -1.58. The summed E-state index contributed by atoms with van der Waals surface area (Å²) in [6, 6.07) is 0. The van der Waals surface area contributed by atoms with Crippen LogP contribution in [0, 0.1) is 5.92 Å². The highest BCUT2D eigenvalue weighted by Crippen LogP contribution is 2.14. The molecule has 1 amide bonds. The summed E-state index contributed by atoms with van der Waals surface area (Å²) >= 11 is 0. The highest BCUT2D eigenvalue weighted by atomic mass is 32.2. The largest absolute Gasteiger partial charge is 0.356 e. The summed E-state index contributed by atoms with van der Waals surface area (Å²) in [4.78, 5) is 11.2. The lowest BCUT2D eigenvalue weighted by atomic mass is 10.0. The minimum absolute atomic E-state index is 0.0146. The minimum Gasteiger partial charge on any atom is -0.356 e. The van der Waals surface area contributed by atoms with Crippen molar-refractivity contribution < 1.29 is 13.2 Å². The summed E-state index contributed by atoms with van der Waals surface area (Å²) in [6.45, 7) is 1.13. The molecule has 0 aliphatic carbocycles. The quantitative estimate of drug-likeness (QED) is 0.688. The number of nitrogens with zero attached hydrogens (tertiary/aromatic N) is 1. The Morgan fingerprint density at radius 2 is 2.21 bits per heavy atom. The summed E-state index contributed by atoms with van der Waals surface area (Å²) in [5.41, 5.74) is 0. The van der Waals surface area contributed by atoms with Gasteiger partial charge in [0.1, 0.15) is 0 Å². The molecule has 5 nitrogen and oxygen atoms in total. The van der Waals surface area contributed by atoms with Crippen LogP contribution < -0.4 is 5.32 Å². The van der Waals surface area contributed by atoms with Crippen LogP contribution in [0.2, 0.25) is 0 Å². The molecule has 0 aromatic heterocycles. The van der Waals surface area contributed by atoms with E-state index in [1.54, 1.807) is 0 Å². The van der Waals surface area contributed by atoms with E-state index in [4.69, 9.17) is 0 Å². The van der Waals surface area contributed by atoms with Gasteiger partial charge in [-0.2, -0.15) is 0 Å². The van der Waals surface area contributed by atoms with Crippen molar-refractivity contribution in [3.8, 4) is 0 Å². The normalized spacial score (nSPS) is 22.8. The third kappa shape index (κ3) is 2.95. The first-order valence-corrected chi connectivity index (χ1v) is 6.45. The SMILES string of the molecule is CN(CCC1CCNC1=O)S(C)(=O)=O. The lowest BCUT2D eigenvalue weighted by Gasteiger charge is -2.15. The number of nitrogens with one attached hydrogen (secondary N) is 1. The van der Waals surface area contributed by atoms with Crippen molar-refractivity contribution in [3.05, 3.63) is 0 Å². The number of rotatable bonds is 4. The topological polar surface area (TPSA) is 66.5 Å². The second kappa shape index (κ2) is 4.27. The van der Waals surface area contributed by atoms with Gasteiger partial charge < -0.3 is 5.32 Å². The lowest BCUT2D eigenvalue weighted by molar-refractivity contribution is -0.122. The van der Waals surface area contributed by atoms with Gasteiger partial charge in [-0.15, -0.1) is 0 Å². The monoisotopic (exact) mass is 220 g/mol. The van der Waals surface area contributed by atoms with Crippen molar-refractivity contribution in [1.82, 2.24) is 9.62 Å². The van der Waals surface area contributed by atoms with Crippen LogP contribution in [0.4, 0.5) is 0 Å². The van der Waals surface area contributed by atoms with E-state index in [2.05, 4.69) is 5.32 Å². The highest BCUT2D eigenvalue weighted by Gasteiger charge is 2.24. The predicted molar refractivity (Wildman–Crippen MR) is 53.2 cm³/mol. The van der Waals surface area contributed by atoms with Crippen LogP contribution >= 0.6 is 0 Å². The Labute approximate surface area is 84.5 Å². The van der Waals surface area contributed by atoms with Gasteiger partial charge in [-0.3, -0.25) is 4.79 Å². The van der Waals surface area contributed by atoms with E-state index in [-0.39, 0.29) is 11.8 Å². The average Bonchev–Trinajstić information content (AvgIpc) is 2.45. The summed E-state index contributed by atoms with van der Waals surface area (Å²) in [5.74, 6) is 0.0334. The van der Waals surface area contributed by atoms with Gasteiger partial charge in [0.05, 0.1) is 6.26 Å². The van der Waals surface area contributed by atoms with Crippen LogP contribution in [0.5, 0.6) is 0 Å². The Balaban J connectivity index is 2.37. The molecule has 1 heterocycles. The van der Waals surface area contributed by atoms with E-state index < -0.39 is 10.0 Å². The zero-order chi connectivity index (χ0) is 10.8. The van der Waals surface area contributed by atoms with Crippen LogP contribution in [0.3, 0.4) is 0 Å². The summed E-state index contributed by atoms with van der Waals surface area (Å²) in [5, 5.41) is 2.73. The number of carbonyl (C=O) groups excluding carboxylic acids is 1. The molecular weight excluding hydrogens is 204 g/mol. The molecular formula is C8H16N2O3S. The Kier molecular flexibility index (Phi) is 3.49. The Morgan fingerprint density at radius 3 is 2.64 bits per heavy atom. The molecule has 1 aliphatic rings. The van der Waals surface area contributed by atoms with Gasteiger partial charge in [-0.05, 0) is 12.8 Å². The summed E-state index contributed by atoms with van der Waals surface area (Å²) in [6.07, 6.45) is 2.59. The molecule has 0 saturated carbocycles. The van der Waals surface area contributed by atoms with Gasteiger partial charge in [0, 0.05) is 26.1 Å². The standard InChI is InChI=1S/C8H16N2O3S/c1-10(14(2,12)13)6-4-7-3-5-9-8(7)11/h7H,3-6H2,1-2H3,(H,9,11). The van der Waals surface area contributed by atoms with Gasteiger partial charge in [0.15, 0.2) is 0 Å². The van der Waals surface area contributed by atoms with E-state index in [0.29, 0.717) is 19.5 Å². The highest BCUT2D eigenvalue weighted by molar-refractivity contribution is 7.88. The van der Waals surface area contributed by atoms with Gasteiger partial charge in [0.25, 0.3) is 0 Å². The maximum atomic E-state index is 11.2. The van der Waals surface area contributed by atoms with Crippen LogP contribution in [0.15, 0.2) is 0 Å². The van der Waals surface area contributed by atoms with Crippen molar-refractivity contribution >= 4 is 15.9 Å². The number of sulfonamides is 1. The second-order valence-electron chi connectivity index (χ2n) is 3.65. The van der Waals surface area contributed by atoms with Gasteiger partial charge in [-0.25, -0.2) is 12.7 Å². The first-order chi connectivity index (χ1) is 6.41. The second-order valence-corrected chi connectivity index (χ2v) is 5.74. The average molecular weight is 220 g/mol. The number of hydrogen-bond donors (Lipinski definition) is 1. The van der Waals surface area contributed by atoms with E-state index >= 15 is 0 Å². The molecule has 1 rings (SSSR count).